The van der Waals surface area contributed by atoms with E-state index < -0.39 is 0 Å². The molecule has 0 amide bonds. The second-order valence-electron chi connectivity index (χ2n) is 2.99. The summed E-state index contributed by atoms with van der Waals surface area (Å²) in [5.41, 5.74) is 1.04. The lowest BCUT2D eigenvalue weighted by atomic mass is 10.3. The van der Waals surface area contributed by atoms with Gasteiger partial charge in [0, 0.05) is 11.9 Å². The van der Waals surface area contributed by atoms with Crippen LogP contribution in [0.25, 0.3) is 0 Å². The van der Waals surface area contributed by atoms with E-state index in [4.69, 9.17) is 4.74 Å². The zero-order valence-corrected chi connectivity index (χ0v) is 7.86. The first-order chi connectivity index (χ1) is 5.84. The Labute approximate surface area is 75.8 Å². The predicted molar refractivity (Wildman–Crippen MR) is 48.8 cm³/mol. The molecule has 1 aromatic heterocycles. The van der Waals surface area contributed by atoms with E-state index in [2.05, 4.69) is 10.3 Å². The molecule has 1 fully saturated rings. The standard InChI is InChI=1S/C8H12N2OS/c1-6-5-12-8(10-6)11-7-2-3-9-4-7/h5,7,9H,2-4H2,1H3/t7-/m0/s1. The van der Waals surface area contributed by atoms with Crippen LogP contribution in [0.2, 0.25) is 0 Å². The summed E-state index contributed by atoms with van der Waals surface area (Å²) >= 11 is 1.58. The van der Waals surface area contributed by atoms with E-state index in [0.29, 0.717) is 6.10 Å². The lowest BCUT2D eigenvalue weighted by molar-refractivity contribution is 0.222. The Morgan fingerprint density at radius 2 is 2.67 bits per heavy atom. The molecular formula is C8H12N2OS. The molecular weight excluding hydrogens is 172 g/mol. The monoisotopic (exact) mass is 184 g/mol. The second kappa shape index (κ2) is 3.41. The molecule has 4 heteroatoms. The van der Waals surface area contributed by atoms with Crippen molar-refractivity contribution >= 4 is 11.3 Å². The van der Waals surface area contributed by atoms with Crippen LogP contribution in [0.3, 0.4) is 0 Å². The molecule has 1 atom stereocenters. The summed E-state index contributed by atoms with van der Waals surface area (Å²) in [6.45, 7) is 4.00. The van der Waals surface area contributed by atoms with Gasteiger partial charge in [-0.05, 0) is 19.9 Å². The molecule has 1 saturated heterocycles. The van der Waals surface area contributed by atoms with Crippen molar-refractivity contribution in [3.05, 3.63) is 11.1 Å². The Morgan fingerprint density at radius 1 is 1.75 bits per heavy atom. The third-order valence-electron chi connectivity index (χ3n) is 1.88. The highest BCUT2D eigenvalue weighted by Gasteiger charge is 2.16. The molecule has 0 unspecified atom stereocenters. The molecule has 0 aliphatic carbocycles. The van der Waals surface area contributed by atoms with Gasteiger partial charge >= 0.3 is 0 Å². The smallest absolute Gasteiger partial charge is 0.273 e. The van der Waals surface area contributed by atoms with Gasteiger partial charge in [0.25, 0.3) is 5.19 Å². The second-order valence-corrected chi connectivity index (χ2v) is 3.81. The molecule has 0 spiro atoms. The molecule has 2 heterocycles. The quantitative estimate of drug-likeness (QED) is 0.749. The zero-order chi connectivity index (χ0) is 8.39. The highest BCUT2D eigenvalue weighted by molar-refractivity contribution is 7.11. The lowest BCUT2D eigenvalue weighted by Crippen LogP contribution is -2.19. The van der Waals surface area contributed by atoms with Gasteiger partial charge in [-0.15, -0.1) is 0 Å². The van der Waals surface area contributed by atoms with Crippen LogP contribution in [0.15, 0.2) is 5.38 Å². The van der Waals surface area contributed by atoms with Crippen molar-refractivity contribution in [2.24, 2.45) is 0 Å². The van der Waals surface area contributed by atoms with Crippen LogP contribution in [0.5, 0.6) is 5.19 Å². The number of aromatic nitrogens is 1. The first-order valence-electron chi connectivity index (χ1n) is 4.14. The molecule has 2 rings (SSSR count). The number of nitrogens with zero attached hydrogens (tertiary/aromatic N) is 1. The molecule has 0 aromatic carbocycles. The van der Waals surface area contributed by atoms with E-state index in [1.165, 1.54) is 0 Å². The Balaban J connectivity index is 1.94. The maximum absolute atomic E-state index is 5.64. The summed E-state index contributed by atoms with van der Waals surface area (Å²) in [6, 6.07) is 0. The number of nitrogens with one attached hydrogen (secondary N) is 1. The van der Waals surface area contributed by atoms with E-state index >= 15 is 0 Å². The SMILES string of the molecule is Cc1csc(O[C@H]2CCNC2)n1. The van der Waals surface area contributed by atoms with Gasteiger partial charge in [0.1, 0.15) is 6.10 Å². The van der Waals surface area contributed by atoms with Crippen molar-refractivity contribution in [2.75, 3.05) is 13.1 Å². The van der Waals surface area contributed by atoms with Gasteiger partial charge in [-0.2, -0.15) is 0 Å². The van der Waals surface area contributed by atoms with Crippen LogP contribution < -0.4 is 10.1 Å². The van der Waals surface area contributed by atoms with Gasteiger partial charge in [-0.25, -0.2) is 4.98 Å². The summed E-state index contributed by atoms with van der Waals surface area (Å²) in [5, 5.41) is 6.07. The Kier molecular flexibility index (Phi) is 2.28. The third kappa shape index (κ3) is 1.76. The van der Waals surface area contributed by atoms with Crippen molar-refractivity contribution in [3.8, 4) is 5.19 Å². The van der Waals surface area contributed by atoms with E-state index in [1.54, 1.807) is 11.3 Å². The number of hydrogen-bond donors (Lipinski definition) is 1. The Bertz CT molecular complexity index is 255. The molecule has 1 aromatic rings. The fraction of sp³-hybridized carbons (Fsp3) is 0.625. The molecule has 3 nitrogen and oxygen atoms in total. The Hall–Kier alpha value is -0.610. The largest absolute Gasteiger partial charge is 0.465 e. The van der Waals surface area contributed by atoms with Crippen molar-refractivity contribution in [1.82, 2.24) is 10.3 Å². The molecule has 1 aliphatic heterocycles. The summed E-state index contributed by atoms with van der Waals surface area (Å²) in [6.07, 6.45) is 1.43. The van der Waals surface area contributed by atoms with Gasteiger partial charge in [0.2, 0.25) is 0 Å². The third-order valence-corrected chi connectivity index (χ3v) is 2.73. The summed E-state index contributed by atoms with van der Waals surface area (Å²) in [7, 11) is 0. The molecule has 0 radical (unpaired) electrons. The average molecular weight is 184 g/mol. The van der Waals surface area contributed by atoms with Gasteiger partial charge in [-0.1, -0.05) is 11.3 Å². The van der Waals surface area contributed by atoms with Crippen LogP contribution in [0, 0.1) is 6.92 Å². The maximum atomic E-state index is 5.64. The van der Waals surface area contributed by atoms with Crippen LogP contribution in [0.4, 0.5) is 0 Å². The van der Waals surface area contributed by atoms with Gasteiger partial charge < -0.3 is 10.1 Å². The summed E-state index contributed by atoms with van der Waals surface area (Å²) in [4.78, 5) is 4.24. The van der Waals surface area contributed by atoms with Crippen LogP contribution >= 0.6 is 11.3 Å². The zero-order valence-electron chi connectivity index (χ0n) is 7.04. The predicted octanol–water partition coefficient (Wildman–Crippen LogP) is 1.19. The normalized spacial score (nSPS) is 22.9. The van der Waals surface area contributed by atoms with Crippen molar-refractivity contribution < 1.29 is 4.74 Å². The minimum absolute atomic E-state index is 0.329. The van der Waals surface area contributed by atoms with Gasteiger partial charge in [0.15, 0.2) is 0 Å². The maximum Gasteiger partial charge on any atom is 0.273 e. The van der Waals surface area contributed by atoms with Crippen molar-refractivity contribution in [2.45, 2.75) is 19.4 Å². The highest BCUT2D eigenvalue weighted by Crippen LogP contribution is 2.20. The first-order valence-corrected chi connectivity index (χ1v) is 5.02. The fourth-order valence-electron chi connectivity index (χ4n) is 1.26. The van der Waals surface area contributed by atoms with Crippen LogP contribution in [0.1, 0.15) is 12.1 Å². The lowest BCUT2D eigenvalue weighted by Gasteiger charge is -2.07. The van der Waals surface area contributed by atoms with E-state index in [0.717, 1.165) is 30.4 Å². The van der Waals surface area contributed by atoms with E-state index in [-0.39, 0.29) is 0 Å². The van der Waals surface area contributed by atoms with Crippen molar-refractivity contribution in [3.63, 3.8) is 0 Å². The summed E-state index contributed by atoms with van der Waals surface area (Å²) < 4.78 is 5.64. The average Bonchev–Trinajstić information content (AvgIpc) is 2.63. The molecule has 0 bridgehead atoms. The molecule has 12 heavy (non-hydrogen) atoms. The van der Waals surface area contributed by atoms with E-state index in [1.807, 2.05) is 12.3 Å². The van der Waals surface area contributed by atoms with Crippen molar-refractivity contribution in [1.29, 1.82) is 0 Å². The minimum atomic E-state index is 0.329. The van der Waals surface area contributed by atoms with Gasteiger partial charge in [0.05, 0.1) is 5.69 Å². The molecule has 66 valence electrons. The van der Waals surface area contributed by atoms with E-state index in [9.17, 15) is 0 Å². The Morgan fingerprint density at radius 3 is 3.25 bits per heavy atom. The number of aryl methyl sites for hydroxylation is 1. The number of hydrogen-bond acceptors (Lipinski definition) is 4. The van der Waals surface area contributed by atoms with Gasteiger partial charge in [-0.3, -0.25) is 0 Å². The number of thiazole rings is 1. The van der Waals surface area contributed by atoms with Crippen LogP contribution in [-0.4, -0.2) is 24.2 Å². The molecule has 0 saturated carbocycles. The molecule has 1 N–H and O–H groups in total. The first kappa shape index (κ1) is 8.01. The molecule has 1 aliphatic rings. The topological polar surface area (TPSA) is 34.1 Å². The minimum Gasteiger partial charge on any atom is -0.465 e. The number of rotatable bonds is 2. The number of ether oxygens (including phenoxy) is 1. The highest BCUT2D eigenvalue weighted by atomic mass is 32.1. The fourth-order valence-corrected chi connectivity index (χ4v) is 1.97. The van der Waals surface area contributed by atoms with Crippen LogP contribution in [-0.2, 0) is 0 Å². The summed E-state index contributed by atoms with van der Waals surface area (Å²) in [5.74, 6) is 0.